The molecule has 16 heavy (non-hydrogen) atoms. The van der Waals surface area contributed by atoms with E-state index < -0.39 is 23.6 Å². The molecule has 0 saturated carbocycles. The van der Waals surface area contributed by atoms with Gasteiger partial charge in [-0.3, -0.25) is 4.79 Å². The van der Waals surface area contributed by atoms with Crippen LogP contribution >= 0.6 is 0 Å². The van der Waals surface area contributed by atoms with Crippen molar-refractivity contribution in [2.45, 2.75) is 6.04 Å². The van der Waals surface area contributed by atoms with Crippen LogP contribution in [0.3, 0.4) is 0 Å². The van der Waals surface area contributed by atoms with Crippen molar-refractivity contribution in [2.75, 3.05) is 13.7 Å². The molecule has 2 N–H and O–H groups in total. The van der Waals surface area contributed by atoms with Gasteiger partial charge >= 0.3 is 5.97 Å². The van der Waals surface area contributed by atoms with Crippen LogP contribution in [-0.4, -0.2) is 25.7 Å². The van der Waals surface area contributed by atoms with Gasteiger partial charge < -0.3 is 15.2 Å². The van der Waals surface area contributed by atoms with E-state index in [-0.39, 0.29) is 12.4 Å². The smallest absolute Gasteiger partial charge is 0.326 e. The van der Waals surface area contributed by atoms with Crippen LogP contribution < -0.4 is 10.5 Å². The van der Waals surface area contributed by atoms with Gasteiger partial charge in [-0.05, 0) is 12.1 Å². The number of benzene rings is 1. The molecule has 0 spiro atoms. The second-order valence-electron chi connectivity index (χ2n) is 2.99. The Labute approximate surface area is 91.0 Å². The first-order valence-corrected chi connectivity index (χ1v) is 4.46. The van der Waals surface area contributed by atoms with Gasteiger partial charge in [-0.1, -0.05) is 6.07 Å². The van der Waals surface area contributed by atoms with Gasteiger partial charge in [0.15, 0.2) is 11.6 Å². The van der Waals surface area contributed by atoms with E-state index in [1.807, 2.05) is 0 Å². The number of rotatable bonds is 4. The van der Waals surface area contributed by atoms with Crippen molar-refractivity contribution in [3.8, 4) is 5.75 Å². The first kappa shape index (κ1) is 12.4. The van der Waals surface area contributed by atoms with Gasteiger partial charge in [0, 0.05) is 0 Å². The second-order valence-corrected chi connectivity index (χ2v) is 2.99. The Kier molecular flexibility index (Phi) is 4.19. The molecule has 0 aliphatic heterocycles. The summed E-state index contributed by atoms with van der Waals surface area (Å²) in [6.45, 7) is -0.285. The highest BCUT2D eigenvalue weighted by Gasteiger charge is 2.16. The summed E-state index contributed by atoms with van der Waals surface area (Å²) in [7, 11) is 1.17. The molecular weight excluding hydrogens is 220 g/mol. The zero-order valence-corrected chi connectivity index (χ0v) is 8.57. The minimum Gasteiger partial charge on any atom is -0.488 e. The highest BCUT2D eigenvalue weighted by molar-refractivity contribution is 5.75. The molecule has 1 rings (SSSR count). The largest absolute Gasteiger partial charge is 0.488 e. The number of nitrogens with two attached hydrogens (primary N) is 1. The minimum atomic E-state index is -1.11. The van der Waals surface area contributed by atoms with Crippen molar-refractivity contribution in [3.05, 3.63) is 29.8 Å². The van der Waals surface area contributed by atoms with Gasteiger partial charge in [0.1, 0.15) is 12.6 Å². The normalized spacial score (nSPS) is 12.0. The van der Waals surface area contributed by atoms with Crippen LogP contribution in [0.1, 0.15) is 0 Å². The molecule has 1 atom stereocenters. The van der Waals surface area contributed by atoms with Gasteiger partial charge in [0.25, 0.3) is 0 Å². The fourth-order valence-electron chi connectivity index (χ4n) is 0.994. The van der Waals surface area contributed by atoms with E-state index in [0.29, 0.717) is 0 Å². The Morgan fingerprint density at radius 1 is 1.50 bits per heavy atom. The van der Waals surface area contributed by atoms with Gasteiger partial charge in [0.2, 0.25) is 5.82 Å². The summed E-state index contributed by atoms with van der Waals surface area (Å²) in [5.74, 6) is -3.11. The summed E-state index contributed by atoms with van der Waals surface area (Å²) < 4.78 is 35.0. The first-order chi connectivity index (χ1) is 7.56. The van der Waals surface area contributed by atoms with Gasteiger partial charge in [-0.2, -0.15) is 4.39 Å². The van der Waals surface area contributed by atoms with E-state index in [0.717, 1.165) is 6.07 Å². The molecule has 0 aliphatic rings. The van der Waals surface area contributed by atoms with E-state index in [2.05, 4.69) is 4.74 Å². The molecule has 6 heteroatoms. The second kappa shape index (κ2) is 5.41. The summed E-state index contributed by atoms with van der Waals surface area (Å²) in [4.78, 5) is 10.9. The molecule has 88 valence electrons. The molecule has 0 aromatic heterocycles. The number of carbonyl (C=O) groups excluding carboxylic acids is 1. The number of esters is 1. The maximum Gasteiger partial charge on any atom is 0.326 e. The third kappa shape index (κ3) is 2.90. The van der Waals surface area contributed by atoms with Crippen molar-refractivity contribution in [1.82, 2.24) is 0 Å². The molecule has 0 bridgehead atoms. The van der Waals surface area contributed by atoms with Crippen LogP contribution in [0.25, 0.3) is 0 Å². The topological polar surface area (TPSA) is 61.5 Å². The molecule has 0 aliphatic carbocycles. The lowest BCUT2D eigenvalue weighted by Gasteiger charge is -2.11. The predicted octanol–water partition coefficient (Wildman–Crippen LogP) is 0.844. The van der Waals surface area contributed by atoms with Gasteiger partial charge in [0.05, 0.1) is 7.11 Å². The molecular formula is C10H11F2NO3. The predicted molar refractivity (Wildman–Crippen MR) is 51.8 cm³/mol. The Bertz CT molecular complexity index is 384. The van der Waals surface area contributed by atoms with Crippen molar-refractivity contribution in [3.63, 3.8) is 0 Å². The molecule has 0 heterocycles. The number of methoxy groups -OCH3 is 1. The van der Waals surface area contributed by atoms with Crippen molar-refractivity contribution in [2.24, 2.45) is 5.73 Å². The SMILES string of the molecule is COC(=O)C(N)COc1cccc(F)c1F. The molecule has 1 unspecified atom stereocenters. The summed E-state index contributed by atoms with van der Waals surface area (Å²) in [6, 6.07) is 2.45. The average Bonchev–Trinajstić information content (AvgIpc) is 2.29. The lowest BCUT2D eigenvalue weighted by molar-refractivity contribution is -0.142. The van der Waals surface area contributed by atoms with Crippen LogP contribution in [-0.2, 0) is 9.53 Å². The summed E-state index contributed by atoms with van der Waals surface area (Å²) in [5, 5.41) is 0. The molecule has 0 amide bonds. The third-order valence-electron chi connectivity index (χ3n) is 1.84. The van der Waals surface area contributed by atoms with E-state index >= 15 is 0 Å². The minimum absolute atomic E-state index is 0.285. The van der Waals surface area contributed by atoms with Crippen molar-refractivity contribution >= 4 is 5.97 Å². The Morgan fingerprint density at radius 3 is 2.81 bits per heavy atom. The van der Waals surface area contributed by atoms with Crippen LogP contribution in [0.15, 0.2) is 18.2 Å². The highest BCUT2D eigenvalue weighted by atomic mass is 19.2. The molecule has 1 aromatic rings. The van der Waals surface area contributed by atoms with E-state index in [1.165, 1.54) is 19.2 Å². The third-order valence-corrected chi connectivity index (χ3v) is 1.84. The number of ether oxygens (including phenoxy) is 2. The number of hydrogen-bond donors (Lipinski definition) is 1. The number of hydrogen-bond acceptors (Lipinski definition) is 4. The van der Waals surface area contributed by atoms with Gasteiger partial charge in [-0.15, -0.1) is 0 Å². The Hall–Kier alpha value is -1.69. The Balaban J connectivity index is 2.61. The number of halogens is 2. The maximum absolute atomic E-state index is 13.1. The molecule has 1 aromatic carbocycles. The van der Waals surface area contributed by atoms with Crippen molar-refractivity contribution < 1.29 is 23.0 Å². The quantitative estimate of drug-likeness (QED) is 0.780. The first-order valence-electron chi connectivity index (χ1n) is 4.46. The maximum atomic E-state index is 13.1. The monoisotopic (exact) mass is 231 g/mol. The fourth-order valence-corrected chi connectivity index (χ4v) is 0.994. The van der Waals surface area contributed by atoms with Crippen LogP contribution in [0.5, 0.6) is 5.75 Å². The molecule has 0 radical (unpaired) electrons. The van der Waals surface area contributed by atoms with E-state index in [9.17, 15) is 13.6 Å². The van der Waals surface area contributed by atoms with Gasteiger partial charge in [-0.25, -0.2) is 4.39 Å². The highest BCUT2D eigenvalue weighted by Crippen LogP contribution is 2.18. The lowest BCUT2D eigenvalue weighted by Crippen LogP contribution is -2.37. The summed E-state index contributed by atoms with van der Waals surface area (Å²) >= 11 is 0. The summed E-state index contributed by atoms with van der Waals surface area (Å²) in [6.07, 6.45) is 0. The lowest BCUT2D eigenvalue weighted by atomic mass is 10.3. The van der Waals surface area contributed by atoms with E-state index in [4.69, 9.17) is 10.5 Å². The summed E-state index contributed by atoms with van der Waals surface area (Å²) in [5.41, 5.74) is 5.35. The van der Waals surface area contributed by atoms with Crippen LogP contribution in [0.4, 0.5) is 8.78 Å². The van der Waals surface area contributed by atoms with Crippen LogP contribution in [0, 0.1) is 11.6 Å². The number of carbonyl (C=O) groups is 1. The van der Waals surface area contributed by atoms with Crippen LogP contribution in [0.2, 0.25) is 0 Å². The molecule has 0 fully saturated rings. The fraction of sp³-hybridized carbons (Fsp3) is 0.300. The Morgan fingerprint density at radius 2 is 2.19 bits per heavy atom. The molecule has 4 nitrogen and oxygen atoms in total. The van der Waals surface area contributed by atoms with E-state index in [1.54, 1.807) is 0 Å². The zero-order valence-electron chi connectivity index (χ0n) is 8.57. The van der Waals surface area contributed by atoms with Crippen molar-refractivity contribution in [1.29, 1.82) is 0 Å². The average molecular weight is 231 g/mol. The zero-order chi connectivity index (χ0) is 12.1. The molecule has 0 saturated heterocycles. The standard InChI is InChI=1S/C10H11F2NO3/c1-15-10(14)7(13)5-16-8-4-2-3-6(11)9(8)12/h2-4,7H,5,13H2,1H3.